The fourth-order valence-corrected chi connectivity index (χ4v) is 7.10. The molecule has 0 radical (unpaired) electrons. The van der Waals surface area contributed by atoms with Crippen LogP contribution in [-0.2, 0) is 0 Å². The number of amides is 2. The molecule has 1 aromatic rings. The van der Waals surface area contributed by atoms with E-state index in [1.807, 2.05) is 0 Å². The maximum Gasteiger partial charge on any atom is 0.248 e. The lowest BCUT2D eigenvalue weighted by Gasteiger charge is -2.56. The molecule has 0 unspecified atom stereocenters. The highest BCUT2D eigenvalue weighted by Crippen LogP contribution is 2.51. The van der Waals surface area contributed by atoms with Crippen LogP contribution in [0.3, 0.4) is 0 Å². The largest absolute Gasteiger partial charge is 0.366 e. The molecule has 2 aliphatic rings. The summed E-state index contributed by atoms with van der Waals surface area (Å²) in [5, 5.41) is 0. The Kier molecular flexibility index (Phi) is 6.54. The molecule has 0 aliphatic carbocycles. The lowest BCUT2D eigenvalue weighted by Crippen LogP contribution is -2.59. The van der Waals surface area contributed by atoms with Gasteiger partial charge < -0.3 is 11.5 Å². The molecule has 1 aromatic carbocycles. The van der Waals surface area contributed by atoms with Gasteiger partial charge in [0.25, 0.3) is 0 Å². The second-order valence-corrected chi connectivity index (χ2v) is 13.3. The van der Waals surface area contributed by atoms with E-state index < -0.39 is 11.8 Å². The van der Waals surface area contributed by atoms with Crippen LogP contribution in [0.2, 0.25) is 0 Å². The van der Waals surface area contributed by atoms with Gasteiger partial charge in [-0.15, -0.1) is 0 Å². The molecule has 2 aliphatic heterocycles. The zero-order valence-electron chi connectivity index (χ0n) is 23.0. The average molecular weight is 471 g/mol. The molecule has 2 heterocycles. The number of carbonyl (C=O) groups is 2. The van der Waals surface area contributed by atoms with Crippen molar-refractivity contribution in [3.8, 4) is 0 Å². The minimum absolute atomic E-state index is 0.0767. The summed E-state index contributed by atoms with van der Waals surface area (Å²) >= 11 is 0. The van der Waals surface area contributed by atoms with Crippen LogP contribution < -0.4 is 11.5 Å². The molecule has 2 amide bonds. The van der Waals surface area contributed by atoms with Crippen LogP contribution in [0, 0.1) is 0 Å². The Morgan fingerprint density at radius 2 is 0.882 bits per heavy atom. The molecule has 0 atom stereocenters. The Morgan fingerprint density at radius 3 is 1.09 bits per heavy atom. The molecule has 2 fully saturated rings. The van der Waals surface area contributed by atoms with E-state index in [4.69, 9.17) is 11.5 Å². The van der Waals surface area contributed by atoms with Gasteiger partial charge in [0, 0.05) is 33.3 Å². The summed E-state index contributed by atoms with van der Waals surface area (Å²) in [4.78, 5) is 30.4. The van der Waals surface area contributed by atoms with E-state index in [2.05, 4.69) is 79.3 Å². The van der Waals surface area contributed by atoms with Crippen molar-refractivity contribution in [1.82, 2.24) is 9.80 Å². The van der Waals surface area contributed by atoms with Crippen molar-refractivity contribution in [1.29, 1.82) is 0 Å². The fraction of sp³-hybridized carbons (Fsp3) is 0.714. The predicted octanol–water partition coefficient (Wildman–Crippen LogP) is 4.62. The van der Waals surface area contributed by atoms with Crippen molar-refractivity contribution >= 4 is 11.8 Å². The van der Waals surface area contributed by atoms with E-state index in [0.717, 1.165) is 36.8 Å². The summed E-state index contributed by atoms with van der Waals surface area (Å²) in [6, 6.07) is 3.45. The number of hydrogen-bond donors (Lipinski definition) is 2. The summed E-state index contributed by atoms with van der Waals surface area (Å²) in [6.45, 7) is 18.0. The zero-order valence-corrected chi connectivity index (χ0v) is 23.0. The van der Waals surface area contributed by atoms with E-state index >= 15 is 0 Å². The SMILES string of the molecule is CN1C(C)(C)CC(c2c(C(N)=O)ccc(C(N)=O)c2C2CC(C)(C)N(C)C(C)(C)C2)CC1(C)C. The lowest BCUT2D eigenvalue weighted by atomic mass is 9.65. The van der Waals surface area contributed by atoms with E-state index in [1.54, 1.807) is 12.1 Å². The Bertz CT molecular complexity index is 877. The number of hydrogen-bond acceptors (Lipinski definition) is 4. The highest BCUT2D eigenvalue weighted by molar-refractivity contribution is 6.00. The first-order valence-electron chi connectivity index (χ1n) is 12.6. The molecular formula is C28H46N4O2. The minimum Gasteiger partial charge on any atom is -0.366 e. The topological polar surface area (TPSA) is 92.7 Å². The van der Waals surface area contributed by atoms with Gasteiger partial charge in [0.2, 0.25) is 11.8 Å². The Balaban J connectivity index is 2.31. The number of piperidine rings is 2. The second kappa shape index (κ2) is 8.34. The number of nitrogens with two attached hydrogens (primary N) is 2. The molecular weight excluding hydrogens is 424 g/mol. The molecule has 6 nitrogen and oxygen atoms in total. The Labute approximate surface area is 206 Å². The Morgan fingerprint density at radius 1 is 0.647 bits per heavy atom. The van der Waals surface area contributed by atoms with Crippen LogP contribution in [0.4, 0.5) is 0 Å². The molecule has 34 heavy (non-hydrogen) atoms. The number of benzene rings is 1. The number of nitrogens with zero attached hydrogens (tertiary/aromatic N) is 2. The van der Waals surface area contributed by atoms with Crippen molar-refractivity contribution in [2.45, 2.75) is 115 Å². The van der Waals surface area contributed by atoms with Crippen molar-refractivity contribution < 1.29 is 9.59 Å². The standard InChI is InChI=1S/C28H46N4O2/c1-25(2)13-17(14-26(3,4)31(25)9)21-19(23(29)33)11-12-20(24(30)34)22(21)18-15-27(5,6)32(10)28(7,8)16-18/h11-12,17-18H,13-16H2,1-10H3,(H2,29,33)(H2,30,34). The van der Waals surface area contributed by atoms with Gasteiger partial charge >= 0.3 is 0 Å². The van der Waals surface area contributed by atoms with E-state index in [1.165, 1.54) is 0 Å². The molecule has 0 aromatic heterocycles. The lowest BCUT2D eigenvalue weighted by molar-refractivity contribution is -0.0173. The molecule has 3 rings (SSSR count). The van der Waals surface area contributed by atoms with Gasteiger partial charge in [0.1, 0.15) is 0 Å². The van der Waals surface area contributed by atoms with Crippen molar-refractivity contribution in [2.24, 2.45) is 11.5 Å². The van der Waals surface area contributed by atoms with Gasteiger partial charge in [-0.05, 0) is 130 Å². The van der Waals surface area contributed by atoms with E-state index in [0.29, 0.717) is 11.1 Å². The molecule has 6 heteroatoms. The van der Waals surface area contributed by atoms with Gasteiger partial charge in [0.05, 0.1) is 0 Å². The predicted molar refractivity (Wildman–Crippen MR) is 139 cm³/mol. The van der Waals surface area contributed by atoms with Crippen LogP contribution in [0.15, 0.2) is 12.1 Å². The van der Waals surface area contributed by atoms with Gasteiger partial charge in [-0.2, -0.15) is 0 Å². The first kappa shape index (κ1) is 26.7. The maximum atomic E-state index is 12.8. The van der Waals surface area contributed by atoms with Gasteiger partial charge in [-0.1, -0.05) is 0 Å². The first-order chi connectivity index (χ1) is 15.3. The van der Waals surface area contributed by atoms with Crippen LogP contribution in [-0.4, -0.2) is 57.9 Å². The summed E-state index contributed by atoms with van der Waals surface area (Å²) in [6.07, 6.45) is 3.51. The summed E-state index contributed by atoms with van der Waals surface area (Å²) in [7, 11) is 4.35. The number of rotatable bonds is 4. The summed E-state index contributed by atoms with van der Waals surface area (Å²) in [5.41, 5.74) is 14.6. The molecule has 4 N–H and O–H groups in total. The summed E-state index contributed by atoms with van der Waals surface area (Å²) in [5.74, 6) is -0.672. The third-order valence-corrected chi connectivity index (χ3v) is 9.25. The number of likely N-dealkylation sites (tertiary alicyclic amines) is 2. The average Bonchev–Trinajstić information content (AvgIpc) is 2.67. The normalized spacial score (nSPS) is 25.2. The van der Waals surface area contributed by atoms with Crippen LogP contribution in [0.1, 0.15) is 125 Å². The quantitative estimate of drug-likeness (QED) is 0.672. The van der Waals surface area contributed by atoms with Crippen LogP contribution in [0.5, 0.6) is 0 Å². The smallest absolute Gasteiger partial charge is 0.248 e. The van der Waals surface area contributed by atoms with Crippen LogP contribution in [0.25, 0.3) is 0 Å². The third kappa shape index (κ3) is 4.51. The van der Waals surface area contributed by atoms with Crippen molar-refractivity contribution in [3.05, 3.63) is 34.4 Å². The second-order valence-electron chi connectivity index (χ2n) is 13.3. The number of primary amides is 2. The highest BCUT2D eigenvalue weighted by atomic mass is 16.1. The maximum absolute atomic E-state index is 12.8. The molecule has 190 valence electrons. The third-order valence-electron chi connectivity index (χ3n) is 9.25. The first-order valence-corrected chi connectivity index (χ1v) is 12.6. The summed E-state index contributed by atoms with van der Waals surface area (Å²) < 4.78 is 0. The number of carbonyl (C=O) groups excluding carboxylic acids is 2. The van der Waals surface area contributed by atoms with Crippen molar-refractivity contribution in [3.63, 3.8) is 0 Å². The molecule has 0 saturated carbocycles. The van der Waals surface area contributed by atoms with Crippen LogP contribution >= 0.6 is 0 Å². The van der Waals surface area contributed by atoms with E-state index in [-0.39, 0.29) is 34.0 Å². The minimum atomic E-state index is -0.437. The monoisotopic (exact) mass is 470 g/mol. The molecule has 2 saturated heterocycles. The van der Waals surface area contributed by atoms with Gasteiger partial charge in [0.15, 0.2) is 0 Å². The zero-order chi connectivity index (χ0) is 26.0. The van der Waals surface area contributed by atoms with Crippen molar-refractivity contribution in [2.75, 3.05) is 14.1 Å². The highest BCUT2D eigenvalue weighted by Gasteiger charge is 2.48. The van der Waals surface area contributed by atoms with Gasteiger partial charge in [-0.3, -0.25) is 19.4 Å². The van der Waals surface area contributed by atoms with E-state index in [9.17, 15) is 9.59 Å². The fourth-order valence-electron chi connectivity index (χ4n) is 7.10. The Hall–Kier alpha value is -1.92. The molecule has 0 spiro atoms. The molecule has 0 bridgehead atoms. The van der Waals surface area contributed by atoms with Gasteiger partial charge in [-0.25, -0.2) is 0 Å².